The lowest BCUT2D eigenvalue weighted by Gasteiger charge is -2.09. The van der Waals surface area contributed by atoms with Crippen LogP contribution in [0.3, 0.4) is 0 Å². The number of nitrogens with two attached hydrogens (primary N) is 1. The first-order valence-corrected chi connectivity index (χ1v) is 9.84. The van der Waals surface area contributed by atoms with Gasteiger partial charge < -0.3 is 15.9 Å². The number of benzene rings is 2. The van der Waals surface area contributed by atoms with Crippen molar-refractivity contribution in [2.45, 2.75) is 32.2 Å². The van der Waals surface area contributed by atoms with E-state index in [0.717, 1.165) is 16.9 Å². The Morgan fingerprint density at radius 3 is 2.71 bits per heavy atom. The number of aryl methyl sites for hydroxylation is 2. The number of nitrogens with one attached hydrogen (secondary N) is 1. The zero-order chi connectivity index (χ0) is 19.9. The van der Waals surface area contributed by atoms with Crippen LogP contribution in [0.1, 0.15) is 22.5 Å². The highest BCUT2D eigenvalue weighted by Gasteiger charge is 2.13. The molecule has 0 atom stereocenters. The summed E-state index contributed by atoms with van der Waals surface area (Å²) in [5, 5.41) is 11.4. The number of nitrogen functional groups attached to an aromatic ring is 1. The third kappa shape index (κ3) is 5.26. The maximum absolute atomic E-state index is 12.0. The van der Waals surface area contributed by atoms with Gasteiger partial charge in [-0.2, -0.15) is 0 Å². The highest BCUT2D eigenvalue weighted by atomic mass is 32.2. The van der Waals surface area contributed by atoms with Gasteiger partial charge in [0, 0.05) is 6.54 Å². The van der Waals surface area contributed by atoms with Crippen molar-refractivity contribution in [3.8, 4) is 5.75 Å². The van der Waals surface area contributed by atoms with Gasteiger partial charge in [-0.25, -0.2) is 4.68 Å². The lowest BCUT2D eigenvalue weighted by molar-refractivity contribution is -0.118. The number of nitrogens with zero attached hydrogens (tertiary/aromatic N) is 3. The Kier molecular flexibility index (Phi) is 6.54. The largest absolute Gasteiger partial charge is 0.485 e. The van der Waals surface area contributed by atoms with Gasteiger partial charge in [0.15, 0.2) is 5.82 Å². The smallest absolute Gasteiger partial charge is 0.230 e. The number of amides is 1. The standard InChI is InChI=1S/C20H23N5O2S/c1-14-8-9-17(15(2)10-14)27-12-18-23-24-20(25(18)21)28-13-19(26)22-11-16-6-4-3-5-7-16/h3-10H,11-13,21H2,1-2H3,(H,22,26). The fourth-order valence-electron chi connectivity index (χ4n) is 2.59. The Balaban J connectivity index is 1.49. The van der Waals surface area contributed by atoms with Gasteiger partial charge >= 0.3 is 0 Å². The van der Waals surface area contributed by atoms with E-state index >= 15 is 0 Å². The second-order valence-corrected chi connectivity index (χ2v) is 7.32. The molecule has 0 aliphatic rings. The average Bonchev–Trinajstić information content (AvgIpc) is 3.04. The van der Waals surface area contributed by atoms with Crippen LogP contribution in [0, 0.1) is 13.8 Å². The van der Waals surface area contributed by atoms with Crippen molar-refractivity contribution < 1.29 is 9.53 Å². The molecule has 0 unspecified atom stereocenters. The quantitative estimate of drug-likeness (QED) is 0.448. The van der Waals surface area contributed by atoms with Gasteiger partial charge in [0.1, 0.15) is 12.4 Å². The van der Waals surface area contributed by atoms with E-state index in [-0.39, 0.29) is 18.3 Å². The zero-order valence-electron chi connectivity index (χ0n) is 15.9. The van der Waals surface area contributed by atoms with Crippen molar-refractivity contribution >= 4 is 17.7 Å². The molecule has 0 fully saturated rings. The van der Waals surface area contributed by atoms with Crippen LogP contribution in [0.5, 0.6) is 5.75 Å². The number of hydrogen-bond acceptors (Lipinski definition) is 6. The topological polar surface area (TPSA) is 95.1 Å². The van der Waals surface area contributed by atoms with Crippen LogP contribution in [0.25, 0.3) is 0 Å². The normalized spacial score (nSPS) is 10.6. The molecule has 7 nitrogen and oxygen atoms in total. The van der Waals surface area contributed by atoms with Gasteiger partial charge in [0.05, 0.1) is 5.75 Å². The molecule has 0 saturated carbocycles. The maximum Gasteiger partial charge on any atom is 0.230 e. The number of carbonyl (C=O) groups is 1. The molecule has 0 radical (unpaired) electrons. The second-order valence-electron chi connectivity index (χ2n) is 6.38. The van der Waals surface area contributed by atoms with E-state index < -0.39 is 0 Å². The van der Waals surface area contributed by atoms with E-state index in [9.17, 15) is 4.79 Å². The minimum atomic E-state index is -0.0927. The highest BCUT2D eigenvalue weighted by Crippen LogP contribution is 2.20. The van der Waals surface area contributed by atoms with Crippen molar-refractivity contribution in [2.75, 3.05) is 11.6 Å². The molecule has 146 valence electrons. The lowest BCUT2D eigenvalue weighted by atomic mass is 10.1. The molecule has 0 bridgehead atoms. The first-order chi connectivity index (χ1) is 13.5. The summed E-state index contributed by atoms with van der Waals surface area (Å²) in [4.78, 5) is 12.0. The van der Waals surface area contributed by atoms with Crippen LogP contribution in [-0.4, -0.2) is 26.5 Å². The Hall–Kier alpha value is -3.00. The minimum absolute atomic E-state index is 0.0927. The molecular formula is C20H23N5O2S. The molecule has 1 heterocycles. The fourth-order valence-corrected chi connectivity index (χ4v) is 3.29. The van der Waals surface area contributed by atoms with E-state index in [2.05, 4.69) is 21.6 Å². The lowest BCUT2D eigenvalue weighted by Crippen LogP contribution is -2.25. The Bertz CT molecular complexity index is 943. The maximum atomic E-state index is 12.0. The summed E-state index contributed by atoms with van der Waals surface area (Å²) in [6, 6.07) is 15.7. The molecule has 1 aromatic heterocycles. The van der Waals surface area contributed by atoms with Crippen molar-refractivity contribution in [1.82, 2.24) is 20.2 Å². The summed E-state index contributed by atoms with van der Waals surface area (Å²) in [7, 11) is 0. The Labute approximate surface area is 168 Å². The molecule has 3 N–H and O–H groups in total. The number of hydrogen-bond donors (Lipinski definition) is 2. The summed E-state index contributed by atoms with van der Waals surface area (Å²) >= 11 is 1.23. The third-order valence-electron chi connectivity index (χ3n) is 4.09. The number of ether oxygens (including phenoxy) is 1. The molecule has 2 aromatic carbocycles. The summed E-state index contributed by atoms with van der Waals surface area (Å²) in [5.41, 5.74) is 3.28. The van der Waals surface area contributed by atoms with Gasteiger partial charge in [-0.1, -0.05) is 59.8 Å². The molecule has 0 spiro atoms. The van der Waals surface area contributed by atoms with E-state index in [1.54, 1.807) is 0 Å². The predicted molar refractivity (Wildman–Crippen MR) is 109 cm³/mol. The summed E-state index contributed by atoms with van der Waals surface area (Å²) in [6.07, 6.45) is 0. The fraction of sp³-hybridized carbons (Fsp3) is 0.250. The van der Waals surface area contributed by atoms with Crippen LogP contribution >= 0.6 is 11.8 Å². The van der Waals surface area contributed by atoms with Gasteiger partial charge in [-0.3, -0.25) is 4.79 Å². The highest BCUT2D eigenvalue weighted by molar-refractivity contribution is 7.99. The van der Waals surface area contributed by atoms with E-state index in [0.29, 0.717) is 17.5 Å². The van der Waals surface area contributed by atoms with Gasteiger partial charge in [-0.15, -0.1) is 10.2 Å². The van der Waals surface area contributed by atoms with Gasteiger partial charge in [-0.05, 0) is 31.0 Å². The number of rotatable bonds is 8. The number of carbonyl (C=O) groups excluding carboxylic acids is 1. The Morgan fingerprint density at radius 1 is 1.18 bits per heavy atom. The Morgan fingerprint density at radius 2 is 1.96 bits per heavy atom. The summed E-state index contributed by atoms with van der Waals surface area (Å²) in [5.74, 6) is 7.43. The van der Waals surface area contributed by atoms with E-state index in [4.69, 9.17) is 10.6 Å². The average molecular weight is 398 g/mol. The van der Waals surface area contributed by atoms with E-state index in [1.807, 2.05) is 56.3 Å². The van der Waals surface area contributed by atoms with Crippen LogP contribution < -0.4 is 15.9 Å². The predicted octanol–water partition coefficient (Wildman–Crippen LogP) is 2.60. The molecule has 1 amide bonds. The van der Waals surface area contributed by atoms with Crippen molar-refractivity contribution in [2.24, 2.45) is 0 Å². The SMILES string of the molecule is Cc1ccc(OCc2nnc(SCC(=O)NCc3ccccc3)n2N)c(C)c1. The molecule has 8 heteroatoms. The minimum Gasteiger partial charge on any atom is -0.485 e. The molecule has 0 saturated heterocycles. The molecule has 0 aliphatic heterocycles. The van der Waals surface area contributed by atoms with Crippen molar-refractivity contribution in [3.05, 3.63) is 71.0 Å². The third-order valence-corrected chi connectivity index (χ3v) is 5.03. The van der Waals surface area contributed by atoms with Crippen LogP contribution in [0.15, 0.2) is 53.7 Å². The van der Waals surface area contributed by atoms with Crippen LogP contribution in [0.2, 0.25) is 0 Å². The molecule has 0 aliphatic carbocycles. The van der Waals surface area contributed by atoms with Crippen molar-refractivity contribution in [3.63, 3.8) is 0 Å². The van der Waals surface area contributed by atoms with E-state index in [1.165, 1.54) is 22.0 Å². The van der Waals surface area contributed by atoms with Crippen LogP contribution in [-0.2, 0) is 17.9 Å². The molecule has 28 heavy (non-hydrogen) atoms. The van der Waals surface area contributed by atoms with Gasteiger partial charge in [0.2, 0.25) is 11.1 Å². The van der Waals surface area contributed by atoms with Gasteiger partial charge in [0.25, 0.3) is 0 Å². The molecule has 3 aromatic rings. The van der Waals surface area contributed by atoms with Crippen molar-refractivity contribution in [1.29, 1.82) is 0 Å². The monoisotopic (exact) mass is 397 g/mol. The molecular weight excluding hydrogens is 374 g/mol. The second kappa shape index (κ2) is 9.27. The number of thioether (sulfide) groups is 1. The zero-order valence-corrected chi connectivity index (χ0v) is 16.7. The first kappa shape index (κ1) is 19.8. The van der Waals surface area contributed by atoms with Crippen LogP contribution in [0.4, 0.5) is 0 Å². The number of aromatic nitrogens is 3. The summed E-state index contributed by atoms with van der Waals surface area (Å²) < 4.78 is 7.15. The molecule has 3 rings (SSSR count). The first-order valence-electron chi connectivity index (χ1n) is 8.86. The summed E-state index contributed by atoms with van der Waals surface area (Å²) in [6.45, 7) is 4.72.